The Hall–Kier alpha value is -3.61. The molecule has 236 valence electrons. The summed E-state index contributed by atoms with van der Waals surface area (Å²) in [6.07, 6.45) is 5.28. The maximum Gasteiger partial charge on any atom is 0.355 e. The van der Waals surface area contributed by atoms with Gasteiger partial charge in [-0.25, -0.2) is 22.3 Å². The lowest BCUT2D eigenvalue weighted by Crippen LogP contribution is -2.40. The van der Waals surface area contributed by atoms with Crippen LogP contribution in [-0.4, -0.2) is 72.1 Å². The molecule has 0 spiro atoms. The van der Waals surface area contributed by atoms with Crippen LogP contribution in [-0.2, 0) is 27.7 Å². The van der Waals surface area contributed by atoms with Gasteiger partial charge in [-0.3, -0.25) is 4.68 Å². The molecule has 5 rings (SSSR count). The highest BCUT2D eigenvalue weighted by Gasteiger charge is 2.25. The van der Waals surface area contributed by atoms with Gasteiger partial charge in [0.15, 0.2) is 0 Å². The Bertz CT molecular complexity index is 1670. The van der Waals surface area contributed by atoms with Crippen LogP contribution in [0.25, 0.3) is 22.2 Å². The smallest absolute Gasteiger partial charge is 0.355 e. The first kappa shape index (κ1) is 31.8. The molecule has 0 unspecified atom stereocenters. The number of fused-ring (bicyclic) bond motifs is 1. The van der Waals surface area contributed by atoms with Gasteiger partial charge in [-0.1, -0.05) is 38.1 Å². The molecule has 0 saturated carbocycles. The fraction of sp³-hybridized carbons (Fsp3) is 0.469. The highest BCUT2D eigenvalue weighted by atomic mass is 32.2. The van der Waals surface area contributed by atoms with E-state index in [1.54, 1.807) is 29.1 Å². The number of halogens is 1. The molecule has 0 amide bonds. The molecule has 44 heavy (non-hydrogen) atoms. The predicted molar refractivity (Wildman–Crippen MR) is 167 cm³/mol. The predicted octanol–water partition coefficient (Wildman–Crippen LogP) is 5.02. The van der Waals surface area contributed by atoms with Crippen LogP contribution in [0.15, 0.2) is 53.6 Å². The summed E-state index contributed by atoms with van der Waals surface area (Å²) in [4.78, 5) is 18.7. The van der Waals surface area contributed by atoms with E-state index in [0.29, 0.717) is 60.2 Å². The van der Waals surface area contributed by atoms with Crippen molar-refractivity contribution < 1.29 is 22.3 Å². The van der Waals surface area contributed by atoms with Crippen molar-refractivity contribution in [1.29, 1.82) is 0 Å². The molecule has 1 saturated heterocycles. The van der Waals surface area contributed by atoms with Crippen LogP contribution in [0.2, 0.25) is 0 Å². The topological polar surface area (TPSA) is 122 Å². The number of piperidine rings is 1. The Morgan fingerprint density at radius 2 is 1.91 bits per heavy atom. The summed E-state index contributed by atoms with van der Waals surface area (Å²) in [5.41, 5.74) is 2.92. The van der Waals surface area contributed by atoms with Crippen LogP contribution in [0.4, 0.5) is 4.39 Å². The van der Waals surface area contributed by atoms with E-state index in [0.717, 1.165) is 44.3 Å². The Balaban J connectivity index is 1.17. The van der Waals surface area contributed by atoms with E-state index in [9.17, 15) is 17.6 Å². The number of rotatable bonds is 13. The summed E-state index contributed by atoms with van der Waals surface area (Å²) in [5, 5.41) is 9.24. The van der Waals surface area contributed by atoms with Gasteiger partial charge in [0.05, 0.1) is 17.7 Å². The van der Waals surface area contributed by atoms with Crippen LogP contribution in [0.1, 0.15) is 56.1 Å². The van der Waals surface area contributed by atoms with Crippen molar-refractivity contribution in [2.24, 2.45) is 11.8 Å². The molecular weight excluding hydrogens is 583 g/mol. The molecule has 4 aromatic rings. The third kappa shape index (κ3) is 7.72. The molecule has 0 atom stereocenters. The van der Waals surface area contributed by atoms with E-state index in [1.165, 1.54) is 12.1 Å². The quantitative estimate of drug-likeness (QED) is 0.200. The van der Waals surface area contributed by atoms with Crippen molar-refractivity contribution >= 4 is 26.9 Å². The van der Waals surface area contributed by atoms with Gasteiger partial charge < -0.3 is 14.6 Å². The minimum atomic E-state index is -3.53. The molecule has 3 heterocycles. The van der Waals surface area contributed by atoms with Crippen LogP contribution in [0, 0.1) is 17.7 Å². The molecule has 2 aromatic carbocycles. The molecule has 1 aliphatic rings. The van der Waals surface area contributed by atoms with Crippen molar-refractivity contribution in [1.82, 2.24) is 29.6 Å². The summed E-state index contributed by atoms with van der Waals surface area (Å²) < 4.78 is 49.5. The summed E-state index contributed by atoms with van der Waals surface area (Å²) >= 11 is 0. The van der Waals surface area contributed by atoms with Gasteiger partial charge in [0.25, 0.3) is 0 Å². The number of aryl methyl sites for hydroxylation is 1. The molecule has 0 bridgehead atoms. The highest BCUT2D eigenvalue weighted by molar-refractivity contribution is 7.89. The second-order valence-corrected chi connectivity index (χ2v) is 13.7. The van der Waals surface area contributed by atoms with Crippen molar-refractivity contribution in [2.45, 2.75) is 57.9 Å². The summed E-state index contributed by atoms with van der Waals surface area (Å²) in [6, 6.07) is 11.3. The average Bonchev–Trinajstić information content (AvgIpc) is 3.62. The lowest BCUT2D eigenvalue weighted by Gasteiger charge is -2.31. The summed E-state index contributed by atoms with van der Waals surface area (Å²) in [7, 11) is -3.53. The van der Waals surface area contributed by atoms with Crippen molar-refractivity contribution in [2.75, 3.05) is 32.8 Å². The SMILES string of the molecule is CCc1ccc(S(=O)(=O)NCCN2CCC(Cn3cc(-c4c(C(=O)OCCC(C)C)[nH]c5ccc(F)cc45)nn3)CC2)cc1. The van der Waals surface area contributed by atoms with Crippen LogP contribution in [0.5, 0.6) is 0 Å². The van der Waals surface area contributed by atoms with Crippen LogP contribution >= 0.6 is 0 Å². The molecule has 1 fully saturated rings. The number of hydrogen-bond acceptors (Lipinski definition) is 7. The van der Waals surface area contributed by atoms with Crippen LogP contribution in [0.3, 0.4) is 0 Å². The zero-order chi connectivity index (χ0) is 31.3. The number of ether oxygens (including phenoxy) is 1. The van der Waals surface area contributed by atoms with Crippen molar-refractivity contribution in [3.05, 3.63) is 65.7 Å². The highest BCUT2D eigenvalue weighted by Crippen LogP contribution is 2.32. The number of H-pyrrole nitrogens is 1. The Morgan fingerprint density at radius 3 is 2.61 bits per heavy atom. The monoisotopic (exact) mass is 624 g/mol. The first-order chi connectivity index (χ1) is 21.1. The number of nitrogens with zero attached hydrogens (tertiary/aromatic N) is 4. The Morgan fingerprint density at radius 1 is 1.16 bits per heavy atom. The molecule has 2 N–H and O–H groups in total. The molecule has 0 radical (unpaired) electrons. The van der Waals surface area contributed by atoms with E-state index < -0.39 is 21.8 Å². The van der Waals surface area contributed by atoms with Gasteiger partial charge in [-0.15, -0.1) is 5.10 Å². The lowest BCUT2D eigenvalue weighted by atomic mass is 9.97. The second kappa shape index (κ2) is 14.0. The number of aromatic nitrogens is 4. The average molecular weight is 625 g/mol. The standard InChI is InChI=1S/C32H41FN6O4S/c1-4-23-5-8-26(9-6-23)44(41,42)34-14-17-38-15-11-24(12-16-38)20-39-21-29(36-37-39)30-27-19-25(33)7-10-28(27)35-31(30)32(40)43-18-13-22(2)3/h5-10,19,21-22,24,34-35H,4,11-18,20H2,1-3H3. The van der Waals surface area contributed by atoms with Gasteiger partial charge in [0.2, 0.25) is 10.0 Å². The van der Waals surface area contributed by atoms with Gasteiger partial charge in [0.1, 0.15) is 17.2 Å². The van der Waals surface area contributed by atoms with Gasteiger partial charge in [0, 0.05) is 36.1 Å². The van der Waals surface area contributed by atoms with Crippen molar-refractivity contribution in [3.8, 4) is 11.3 Å². The molecule has 12 heteroatoms. The maximum absolute atomic E-state index is 14.2. The molecule has 0 aliphatic carbocycles. The van der Waals surface area contributed by atoms with E-state index in [2.05, 4.69) is 38.8 Å². The van der Waals surface area contributed by atoms with E-state index >= 15 is 0 Å². The zero-order valence-corrected chi connectivity index (χ0v) is 26.4. The zero-order valence-electron chi connectivity index (χ0n) is 25.6. The molecule has 1 aliphatic heterocycles. The maximum atomic E-state index is 14.2. The van der Waals surface area contributed by atoms with E-state index in [-0.39, 0.29) is 10.6 Å². The number of carbonyl (C=O) groups excluding carboxylic acids is 1. The van der Waals surface area contributed by atoms with Crippen LogP contribution < -0.4 is 4.72 Å². The molecule has 2 aromatic heterocycles. The molecule has 10 nitrogen and oxygen atoms in total. The van der Waals surface area contributed by atoms with E-state index in [1.807, 2.05) is 19.1 Å². The summed E-state index contributed by atoms with van der Waals surface area (Å²) in [5.74, 6) is -0.145. The minimum absolute atomic E-state index is 0.239. The third-order valence-electron chi connectivity index (χ3n) is 8.20. The Kier molecular flexibility index (Phi) is 10.1. The number of carbonyl (C=O) groups is 1. The lowest BCUT2D eigenvalue weighted by molar-refractivity contribution is 0.0483. The molecular formula is C32H41FN6O4S. The fourth-order valence-electron chi connectivity index (χ4n) is 5.53. The van der Waals surface area contributed by atoms with Gasteiger partial charge >= 0.3 is 5.97 Å². The number of sulfonamides is 1. The second-order valence-electron chi connectivity index (χ2n) is 11.9. The fourth-order valence-corrected chi connectivity index (χ4v) is 6.55. The number of aromatic amines is 1. The minimum Gasteiger partial charge on any atom is -0.461 e. The first-order valence-corrected chi connectivity index (χ1v) is 16.8. The Labute approximate surface area is 258 Å². The number of hydrogen-bond donors (Lipinski definition) is 2. The number of benzene rings is 2. The van der Waals surface area contributed by atoms with Crippen molar-refractivity contribution in [3.63, 3.8) is 0 Å². The number of likely N-dealkylation sites (tertiary alicyclic amines) is 1. The number of esters is 1. The van der Waals surface area contributed by atoms with Gasteiger partial charge in [-0.2, -0.15) is 0 Å². The largest absolute Gasteiger partial charge is 0.461 e. The van der Waals surface area contributed by atoms with E-state index in [4.69, 9.17) is 4.74 Å². The third-order valence-corrected chi connectivity index (χ3v) is 9.68. The normalized spacial score (nSPS) is 14.9. The first-order valence-electron chi connectivity index (χ1n) is 15.3. The summed E-state index contributed by atoms with van der Waals surface area (Å²) in [6.45, 7) is 9.81. The number of nitrogens with one attached hydrogen (secondary N) is 2. The van der Waals surface area contributed by atoms with Gasteiger partial charge in [-0.05, 0) is 86.5 Å².